The van der Waals surface area contributed by atoms with Crippen LogP contribution in [0.25, 0.3) is 10.9 Å². The van der Waals surface area contributed by atoms with Gasteiger partial charge < -0.3 is 19.9 Å². The number of aromatic amines is 1. The highest BCUT2D eigenvalue weighted by atomic mass is 19.1. The molecule has 0 aliphatic carbocycles. The van der Waals surface area contributed by atoms with E-state index < -0.39 is 23.4 Å². The van der Waals surface area contributed by atoms with Gasteiger partial charge in [0.1, 0.15) is 17.3 Å². The Morgan fingerprint density at radius 3 is 2.70 bits per heavy atom. The number of H-pyrrole nitrogens is 1. The fourth-order valence-electron chi connectivity index (χ4n) is 5.76. The number of urea groups is 1. The molecule has 3 heterocycles. The minimum absolute atomic E-state index is 0.0180. The second-order valence-corrected chi connectivity index (χ2v) is 9.74. The summed E-state index contributed by atoms with van der Waals surface area (Å²) in [6, 6.07) is 8.62. The van der Waals surface area contributed by atoms with Gasteiger partial charge in [0.05, 0.1) is 13.7 Å². The van der Waals surface area contributed by atoms with Gasteiger partial charge in [-0.2, -0.15) is 0 Å². The van der Waals surface area contributed by atoms with Crippen molar-refractivity contribution in [2.45, 2.75) is 31.8 Å². The SMILES string of the molecule is CCN(CCO)CCN1C(=O)N2[C@H](c3cccc(O)c3)c3[nH]c4ccc(OC)c(F)c4c3C[C@@]2(C)C1=O. The standard InChI is InChI=1S/C27H31FN4O5/c1-4-30(12-13-33)10-11-31-25(35)27(2)15-18-21-19(8-9-20(37-3)22(21)28)29-23(18)24(32(27)26(31)36)16-6-5-7-17(34)14-16/h5-9,14,24,29,33-34H,4,10-13,15H2,1-3H3/t24-,27+/m1/s1. The van der Waals surface area contributed by atoms with E-state index in [-0.39, 0.29) is 37.0 Å². The van der Waals surface area contributed by atoms with E-state index in [1.807, 2.05) is 11.8 Å². The molecule has 0 radical (unpaired) electrons. The molecule has 1 aromatic heterocycles. The maximum atomic E-state index is 15.5. The van der Waals surface area contributed by atoms with Crippen LogP contribution in [0.5, 0.6) is 11.5 Å². The van der Waals surface area contributed by atoms with Crippen LogP contribution in [0.4, 0.5) is 9.18 Å². The number of imide groups is 1. The lowest BCUT2D eigenvalue weighted by Crippen LogP contribution is -2.53. The largest absolute Gasteiger partial charge is 0.508 e. The Morgan fingerprint density at radius 2 is 2.03 bits per heavy atom. The van der Waals surface area contributed by atoms with Gasteiger partial charge in [-0.3, -0.25) is 19.5 Å². The summed E-state index contributed by atoms with van der Waals surface area (Å²) in [4.78, 5) is 35.8. The number of aliphatic hydroxyl groups excluding tert-OH is 1. The summed E-state index contributed by atoms with van der Waals surface area (Å²) in [5.41, 5.74) is 1.08. The Bertz CT molecular complexity index is 1370. The van der Waals surface area contributed by atoms with Crippen LogP contribution in [0.15, 0.2) is 36.4 Å². The monoisotopic (exact) mass is 510 g/mol. The molecule has 2 aromatic carbocycles. The van der Waals surface area contributed by atoms with Crippen molar-refractivity contribution in [3.63, 3.8) is 0 Å². The molecule has 0 bridgehead atoms. The average molecular weight is 511 g/mol. The number of nitrogens with zero attached hydrogens (tertiary/aromatic N) is 3. The smallest absolute Gasteiger partial charge is 0.328 e. The molecule has 37 heavy (non-hydrogen) atoms. The van der Waals surface area contributed by atoms with Crippen molar-refractivity contribution in [3.05, 3.63) is 59.0 Å². The Labute approximate surface area is 214 Å². The number of carbonyl (C=O) groups is 2. The van der Waals surface area contributed by atoms with E-state index in [9.17, 15) is 19.8 Å². The van der Waals surface area contributed by atoms with E-state index in [2.05, 4.69) is 4.98 Å². The van der Waals surface area contributed by atoms with Crippen LogP contribution in [-0.4, -0.2) is 87.3 Å². The quantitative estimate of drug-likeness (QED) is 0.402. The van der Waals surface area contributed by atoms with Crippen LogP contribution in [0, 0.1) is 5.82 Å². The number of aliphatic hydroxyl groups is 1. The van der Waals surface area contributed by atoms with E-state index in [0.717, 1.165) is 0 Å². The van der Waals surface area contributed by atoms with Crippen molar-refractivity contribution in [1.29, 1.82) is 0 Å². The maximum Gasteiger partial charge on any atom is 0.328 e. The molecule has 2 aliphatic heterocycles. The summed E-state index contributed by atoms with van der Waals surface area (Å²) in [6.45, 7) is 5.35. The fraction of sp³-hybridized carbons (Fsp3) is 0.407. The lowest BCUT2D eigenvalue weighted by atomic mass is 9.81. The molecule has 3 N–H and O–H groups in total. The molecule has 0 unspecified atom stereocenters. The van der Waals surface area contributed by atoms with Crippen molar-refractivity contribution in [3.8, 4) is 11.5 Å². The number of ether oxygens (including phenoxy) is 1. The van der Waals surface area contributed by atoms with E-state index in [1.54, 1.807) is 36.1 Å². The Balaban J connectivity index is 1.65. The summed E-state index contributed by atoms with van der Waals surface area (Å²) in [5, 5.41) is 19.9. The molecular formula is C27H31FN4O5. The first-order valence-electron chi connectivity index (χ1n) is 12.4. The molecule has 3 amide bonds. The van der Waals surface area contributed by atoms with Crippen LogP contribution in [0.3, 0.4) is 0 Å². The van der Waals surface area contributed by atoms with Crippen molar-refractivity contribution in [2.24, 2.45) is 0 Å². The second kappa shape index (κ2) is 9.35. The molecule has 10 heteroatoms. The van der Waals surface area contributed by atoms with Gasteiger partial charge in [-0.05, 0) is 48.9 Å². The van der Waals surface area contributed by atoms with Crippen LogP contribution >= 0.6 is 0 Å². The lowest BCUT2D eigenvalue weighted by Gasteiger charge is -2.42. The highest BCUT2D eigenvalue weighted by Crippen LogP contribution is 2.49. The average Bonchev–Trinajstić information content (AvgIpc) is 3.33. The molecule has 1 fully saturated rings. The van der Waals surface area contributed by atoms with Gasteiger partial charge in [-0.25, -0.2) is 9.18 Å². The molecule has 5 rings (SSSR count). The van der Waals surface area contributed by atoms with E-state index in [0.29, 0.717) is 47.4 Å². The number of benzene rings is 2. The Morgan fingerprint density at radius 1 is 1.24 bits per heavy atom. The Hall–Kier alpha value is -3.63. The van der Waals surface area contributed by atoms with Gasteiger partial charge in [0, 0.05) is 42.7 Å². The number of rotatable bonds is 8. The van der Waals surface area contributed by atoms with Crippen molar-refractivity contribution < 1.29 is 28.9 Å². The summed E-state index contributed by atoms with van der Waals surface area (Å²) in [6.07, 6.45) is 0.122. The number of carbonyl (C=O) groups excluding carboxylic acids is 2. The number of phenolic OH excluding ortho intramolecular Hbond substituents is 1. The number of amides is 3. The highest BCUT2D eigenvalue weighted by molar-refractivity contribution is 6.08. The molecule has 0 saturated carbocycles. The van der Waals surface area contributed by atoms with Crippen molar-refractivity contribution >= 4 is 22.8 Å². The summed E-state index contributed by atoms with van der Waals surface area (Å²) >= 11 is 0. The molecule has 2 atom stereocenters. The third kappa shape index (κ3) is 3.82. The number of aromatic hydroxyl groups is 1. The first kappa shape index (κ1) is 25.0. The number of phenols is 1. The number of nitrogens with one attached hydrogen (secondary N) is 1. The topological polar surface area (TPSA) is 109 Å². The first-order valence-corrected chi connectivity index (χ1v) is 12.4. The minimum atomic E-state index is -1.27. The fourth-order valence-corrected chi connectivity index (χ4v) is 5.76. The van der Waals surface area contributed by atoms with E-state index >= 15 is 4.39 Å². The molecule has 3 aromatic rings. The van der Waals surface area contributed by atoms with Gasteiger partial charge in [-0.15, -0.1) is 0 Å². The van der Waals surface area contributed by atoms with Gasteiger partial charge in [0.25, 0.3) is 5.91 Å². The number of aromatic nitrogens is 1. The normalized spacial score (nSPS) is 21.2. The zero-order valence-electron chi connectivity index (χ0n) is 21.1. The Kier molecular flexibility index (Phi) is 6.33. The van der Waals surface area contributed by atoms with Crippen molar-refractivity contribution in [1.82, 2.24) is 19.7 Å². The van der Waals surface area contributed by atoms with Crippen LogP contribution < -0.4 is 4.74 Å². The third-order valence-corrected chi connectivity index (χ3v) is 7.64. The first-order chi connectivity index (χ1) is 17.7. The summed E-state index contributed by atoms with van der Waals surface area (Å²) < 4.78 is 20.7. The van der Waals surface area contributed by atoms with Gasteiger partial charge in [0.2, 0.25) is 0 Å². The zero-order valence-corrected chi connectivity index (χ0v) is 21.1. The van der Waals surface area contributed by atoms with Crippen LogP contribution in [0.2, 0.25) is 0 Å². The van der Waals surface area contributed by atoms with Gasteiger partial charge in [-0.1, -0.05) is 19.1 Å². The summed E-state index contributed by atoms with van der Waals surface area (Å²) in [7, 11) is 1.40. The lowest BCUT2D eigenvalue weighted by molar-refractivity contribution is -0.133. The highest BCUT2D eigenvalue weighted by Gasteiger charge is 2.60. The number of methoxy groups -OCH3 is 1. The molecule has 2 aliphatic rings. The van der Waals surface area contributed by atoms with Gasteiger partial charge >= 0.3 is 6.03 Å². The second-order valence-electron chi connectivity index (χ2n) is 9.74. The molecular weight excluding hydrogens is 479 g/mol. The van der Waals surface area contributed by atoms with Crippen molar-refractivity contribution in [2.75, 3.05) is 39.9 Å². The maximum absolute atomic E-state index is 15.5. The predicted octanol–water partition coefficient (Wildman–Crippen LogP) is 3.00. The molecule has 9 nitrogen and oxygen atoms in total. The molecule has 1 saturated heterocycles. The number of fused-ring (bicyclic) bond motifs is 4. The minimum Gasteiger partial charge on any atom is -0.508 e. The van der Waals surface area contributed by atoms with E-state index in [1.165, 1.54) is 24.1 Å². The summed E-state index contributed by atoms with van der Waals surface area (Å²) in [5.74, 6) is -0.770. The van der Waals surface area contributed by atoms with Crippen LogP contribution in [0.1, 0.15) is 36.7 Å². The van der Waals surface area contributed by atoms with Gasteiger partial charge in [0.15, 0.2) is 11.6 Å². The van der Waals surface area contributed by atoms with Crippen LogP contribution in [-0.2, 0) is 11.2 Å². The number of hydrogen-bond donors (Lipinski definition) is 3. The molecule has 0 spiro atoms. The number of likely N-dealkylation sites (N-methyl/N-ethyl adjacent to an activating group) is 1. The van der Waals surface area contributed by atoms with E-state index in [4.69, 9.17) is 4.74 Å². The zero-order chi connectivity index (χ0) is 26.5. The predicted molar refractivity (Wildman–Crippen MR) is 135 cm³/mol. The number of halogens is 1. The number of hydrogen-bond acceptors (Lipinski definition) is 6. The molecule has 196 valence electrons. The third-order valence-electron chi connectivity index (χ3n) is 7.64.